The Morgan fingerprint density at radius 2 is 1.73 bits per heavy atom. The zero-order chi connectivity index (χ0) is 20.7. The minimum Gasteiger partial charge on any atom is -0.323 e. The number of para-hydroxylation sites is 2. The molecule has 1 saturated heterocycles. The summed E-state index contributed by atoms with van der Waals surface area (Å²) in [6.45, 7) is 3.23. The number of nitrogens with zero attached hydrogens (tertiary/aromatic N) is 3. The van der Waals surface area contributed by atoms with Gasteiger partial charge in [-0.25, -0.2) is 9.37 Å². The van der Waals surface area contributed by atoms with Crippen molar-refractivity contribution in [1.29, 1.82) is 0 Å². The van der Waals surface area contributed by atoms with Gasteiger partial charge >= 0.3 is 0 Å². The highest BCUT2D eigenvalue weighted by atomic mass is 19.1. The maximum atomic E-state index is 13.4. The van der Waals surface area contributed by atoms with Gasteiger partial charge in [-0.2, -0.15) is 0 Å². The van der Waals surface area contributed by atoms with Crippen LogP contribution in [0, 0.1) is 12.7 Å². The SMILES string of the molecule is Cc1ccc(N2C[C@@H](c3nc4ccccc4n3Cc3ccc(F)cc3)CC2=O)cc1. The summed E-state index contributed by atoms with van der Waals surface area (Å²) in [6, 6.07) is 22.6. The van der Waals surface area contributed by atoms with Crippen LogP contribution in [0.15, 0.2) is 72.8 Å². The predicted octanol–water partition coefficient (Wildman–Crippen LogP) is 5.05. The molecule has 1 fully saturated rings. The Morgan fingerprint density at radius 1 is 1.00 bits per heavy atom. The van der Waals surface area contributed by atoms with Crippen LogP contribution < -0.4 is 4.90 Å². The second-order valence-electron chi connectivity index (χ2n) is 7.91. The fraction of sp³-hybridized carbons (Fsp3) is 0.200. The first-order valence-electron chi connectivity index (χ1n) is 10.1. The molecule has 1 aliphatic heterocycles. The number of hydrogen-bond acceptors (Lipinski definition) is 2. The van der Waals surface area contributed by atoms with E-state index in [4.69, 9.17) is 4.98 Å². The lowest BCUT2D eigenvalue weighted by Gasteiger charge is -2.18. The summed E-state index contributed by atoms with van der Waals surface area (Å²) in [6.07, 6.45) is 0.431. The summed E-state index contributed by atoms with van der Waals surface area (Å²) >= 11 is 0. The molecule has 0 N–H and O–H groups in total. The zero-order valence-corrected chi connectivity index (χ0v) is 16.8. The van der Waals surface area contributed by atoms with Gasteiger partial charge in [-0.15, -0.1) is 0 Å². The number of benzene rings is 3. The van der Waals surface area contributed by atoms with Crippen molar-refractivity contribution in [1.82, 2.24) is 9.55 Å². The van der Waals surface area contributed by atoms with Gasteiger partial charge in [-0.3, -0.25) is 4.79 Å². The number of aromatic nitrogens is 2. The van der Waals surface area contributed by atoms with Gasteiger partial charge in [-0.1, -0.05) is 42.0 Å². The summed E-state index contributed by atoms with van der Waals surface area (Å²) in [5.41, 5.74) is 5.03. The highest BCUT2D eigenvalue weighted by Crippen LogP contribution is 2.33. The Bertz CT molecular complexity index is 1210. The molecule has 5 rings (SSSR count). The molecule has 1 amide bonds. The average molecular weight is 399 g/mol. The number of anilines is 1. The van der Waals surface area contributed by atoms with Crippen molar-refractivity contribution in [3.63, 3.8) is 0 Å². The number of carbonyl (C=O) groups excluding carboxylic acids is 1. The third-order valence-electron chi connectivity index (χ3n) is 5.77. The monoisotopic (exact) mass is 399 g/mol. The predicted molar refractivity (Wildman–Crippen MR) is 116 cm³/mol. The van der Waals surface area contributed by atoms with E-state index < -0.39 is 0 Å². The van der Waals surface area contributed by atoms with Crippen molar-refractivity contribution < 1.29 is 9.18 Å². The standard InChI is InChI=1S/C25H22FN3O/c1-17-6-12-21(13-7-17)28-16-19(14-24(28)30)25-27-22-4-2-3-5-23(22)29(25)15-18-8-10-20(26)11-9-18/h2-13,19H,14-16H2,1H3/t19-/m0/s1. The molecule has 0 saturated carbocycles. The molecule has 5 heteroatoms. The normalized spacial score (nSPS) is 16.5. The molecule has 0 aliphatic carbocycles. The lowest BCUT2D eigenvalue weighted by molar-refractivity contribution is -0.117. The highest BCUT2D eigenvalue weighted by molar-refractivity contribution is 5.96. The second kappa shape index (κ2) is 7.41. The number of halogens is 1. The van der Waals surface area contributed by atoms with Crippen molar-refractivity contribution in [3.05, 3.63) is 95.6 Å². The van der Waals surface area contributed by atoms with E-state index in [-0.39, 0.29) is 17.6 Å². The molecule has 4 aromatic rings. The summed E-state index contributed by atoms with van der Waals surface area (Å²) in [5.74, 6) is 0.781. The van der Waals surface area contributed by atoms with Crippen LogP contribution in [-0.2, 0) is 11.3 Å². The Balaban J connectivity index is 1.51. The van der Waals surface area contributed by atoms with Crippen LogP contribution in [0.3, 0.4) is 0 Å². The molecule has 0 bridgehead atoms. The quantitative estimate of drug-likeness (QED) is 0.481. The van der Waals surface area contributed by atoms with Gasteiger partial charge in [0.1, 0.15) is 11.6 Å². The Hall–Kier alpha value is -3.47. The molecule has 150 valence electrons. The molecular weight excluding hydrogens is 377 g/mol. The molecular formula is C25H22FN3O. The first kappa shape index (κ1) is 18.6. The van der Waals surface area contributed by atoms with Crippen molar-refractivity contribution in [2.75, 3.05) is 11.4 Å². The van der Waals surface area contributed by atoms with E-state index in [0.29, 0.717) is 19.5 Å². The van der Waals surface area contributed by atoms with Gasteiger partial charge in [0.2, 0.25) is 5.91 Å². The molecule has 3 aromatic carbocycles. The van der Waals surface area contributed by atoms with Crippen molar-refractivity contribution in [2.45, 2.75) is 25.8 Å². The van der Waals surface area contributed by atoms with E-state index in [9.17, 15) is 9.18 Å². The van der Waals surface area contributed by atoms with Crippen LogP contribution in [-0.4, -0.2) is 22.0 Å². The lowest BCUT2D eigenvalue weighted by Crippen LogP contribution is -2.24. The molecule has 2 heterocycles. The molecule has 0 unspecified atom stereocenters. The maximum absolute atomic E-state index is 13.4. The average Bonchev–Trinajstić information content (AvgIpc) is 3.31. The van der Waals surface area contributed by atoms with E-state index in [1.54, 1.807) is 12.1 Å². The highest BCUT2D eigenvalue weighted by Gasteiger charge is 2.34. The molecule has 1 aliphatic rings. The van der Waals surface area contributed by atoms with E-state index in [0.717, 1.165) is 28.1 Å². The van der Waals surface area contributed by atoms with Gasteiger partial charge in [0.25, 0.3) is 0 Å². The molecule has 30 heavy (non-hydrogen) atoms. The number of fused-ring (bicyclic) bond motifs is 1. The molecule has 1 atom stereocenters. The Kier molecular flexibility index (Phi) is 4.58. The third kappa shape index (κ3) is 3.36. The first-order valence-corrected chi connectivity index (χ1v) is 10.1. The fourth-order valence-electron chi connectivity index (χ4n) is 4.20. The Labute approximate surface area is 174 Å². The van der Waals surface area contributed by atoms with Crippen LogP contribution >= 0.6 is 0 Å². The number of hydrogen-bond donors (Lipinski definition) is 0. The van der Waals surface area contributed by atoms with Crippen LogP contribution in [0.4, 0.5) is 10.1 Å². The van der Waals surface area contributed by atoms with Gasteiger partial charge in [0, 0.05) is 31.1 Å². The van der Waals surface area contributed by atoms with Crippen molar-refractivity contribution in [2.24, 2.45) is 0 Å². The van der Waals surface area contributed by atoms with E-state index in [1.165, 1.54) is 17.7 Å². The lowest BCUT2D eigenvalue weighted by atomic mass is 10.1. The minimum atomic E-state index is -0.246. The Morgan fingerprint density at radius 3 is 2.50 bits per heavy atom. The van der Waals surface area contributed by atoms with E-state index >= 15 is 0 Å². The van der Waals surface area contributed by atoms with Gasteiger partial charge in [0.05, 0.1) is 11.0 Å². The smallest absolute Gasteiger partial charge is 0.227 e. The van der Waals surface area contributed by atoms with Crippen LogP contribution in [0.1, 0.15) is 29.3 Å². The molecule has 0 radical (unpaired) electrons. The van der Waals surface area contributed by atoms with Crippen LogP contribution in [0.2, 0.25) is 0 Å². The van der Waals surface area contributed by atoms with E-state index in [2.05, 4.69) is 4.57 Å². The van der Waals surface area contributed by atoms with Crippen molar-refractivity contribution >= 4 is 22.6 Å². The summed E-state index contributed by atoms with van der Waals surface area (Å²) in [5, 5.41) is 0. The van der Waals surface area contributed by atoms with Crippen LogP contribution in [0.5, 0.6) is 0 Å². The summed E-state index contributed by atoms with van der Waals surface area (Å²) in [4.78, 5) is 19.6. The van der Waals surface area contributed by atoms with Gasteiger partial charge in [-0.05, 0) is 48.9 Å². The summed E-state index contributed by atoms with van der Waals surface area (Å²) in [7, 11) is 0. The number of rotatable bonds is 4. The molecule has 4 nitrogen and oxygen atoms in total. The second-order valence-corrected chi connectivity index (χ2v) is 7.91. The maximum Gasteiger partial charge on any atom is 0.227 e. The summed E-state index contributed by atoms with van der Waals surface area (Å²) < 4.78 is 15.5. The van der Waals surface area contributed by atoms with Crippen LogP contribution in [0.25, 0.3) is 11.0 Å². The van der Waals surface area contributed by atoms with Gasteiger partial charge < -0.3 is 9.47 Å². The number of carbonyl (C=O) groups is 1. The largest absolute Gasteiger partial charge is 0.323 e. The van der Waals surface area contributed by atoms with Crippen molar-refractivity contribution in [3.8, 4) is 0 Å². The first-order chi connectivity index (χ1) is 14.6. The number of imidazole rings is 1. The minimum absolute atomic E-state index is 0.00616. The third-order valence-corrected chi connectivity index (χ3v) is 5.77. The number of aryl methyl sites for hydroxylation is 1. The van der Waals surface area contributed by atoms with Gasteiger partial charge in [0.15, 0.2) is 0 Å². The number of amides is 1. The topological polar surface area (TPSA) is 38.1 Å². The molecule has 0 spiro atoms. The van der Waals surface area contributed by atoms with E-state index in [1.807, 2.05) is 60.4 Å². The molecule has 1 aromatic heterocycles. The zero-order valence-electron chi connectivity index (χ0n) is 16.8. The fourth-order valence-corrected chi connectivity index (χ4v) is 4.20.